The fourth-order valence-electron chi connectivity index (χ4n) is 2.52. The number of hydrogen-bond donors (Lipinski definition) is 1. The molecule has 1 amide bonds. The number of benzene rings is 1. The number of rotatable bonds is 2. The van der Waals surface area contributed by atoms with Gasteiger partial charge in [0, 0.05) is 30.5 Å². The monoisotopic (exact) mass is 253 g/mol. The van der Waals surface area contributed by atoms with Gasteiger partial charge in [0.15, 0.2) is 0 Å². The molecule has 1 saturated carbocycles. The van der Waals surface area contributed by atoms with Crippen LogP contribution < -0.4 is 0 Å². The Labute approximate surface area is 103 Å². The van der Waals surface area contributed by atoms with Gasteiger partial charge in [-0.05, 0) is 18.6 Å². The van der Waals surface area contributed by atoms with Gasteiger partial charge in [0.2, 0.25) is 5.91 Å². The first-order valence-electron chi connectivity index (χ1n) is 5.98. The van der Waals surface area contributed by atoms with E-state index in [1.54, 1.807) is 0 Å². The number of likely N-dealkylation sites (tertiary alicyclic amines) is 1. The minimum Gasteiger partial charge on any atom is -0.389 e. The Kier molecular flexibility index (Phi) is 2.59. The molecule has 2 atom stereocenters. The summed E-state index contributed by atoms with van der Waals surface area (Å²) >= 11 is 0. The Morgan fingerprint density at radius 3 is 2.44 bits per heavy atom. The van der Waals surface area contributed by atoms with E-state index in [2.05, 4.69) is 0 Å². The third kappa shape index (κ3) is 1.79. The highest BCUT2D eigenvalue weighted by Crippen LogP contribution is 2.50. The molecule has 1 saturated heterocycles. The van der Waals surface area contributed by atoms with Gasteiger partial charge in [-0.15, -0.1) is 0 Å². The molecule has 5 heteroatoms. The molecule has 3 nitrogen and oxygen atoms in total. The molecule has 2 unspecified atom stereocenters. The molecule has 0 spiro atoms. The second-order valence-electron chi connectivity index (χ2n) is 4.98. The van der Waals surface area contributed by atoms with Crippen molar-refractivity contribution in [1.82, 2.24) is 4.90 Å². The van der Waals surface area contributed by atoms with Crippen molar-refractivity contribution in [3.63, 3.8) is 0 Å². The molecule has 18 heavy (non-hydrogen) atoms. The van der Waals surface area contributed by atoms with Crippen molar-refractivity contribution in [3.8, 4) is 0 Å². The molecule has 0 radical (unpaired) electrons. The Balaban J connectivity index is 1.72. The molecule has 0 aromatic heterocycles. The number of hydrogen-bond acceptors (Lipinski definition) is 2. The maximum absolute atomic E-state index is 13.5. The Bertz CT molecular complexity index is 480. The standard InChI is InChI=1S/C13H13F2NO2/c14-10-2-1-3-11(15)12(10)8-4-9(8)13(18)16-5-7(17)6-16/h1-3,7-9,17H,4-6H2. The largest absolute Gasteiger partial charge is 0.389 e. The van der Waals surface area contributed by atoms with Gasteiger partial charge in [0.25, 0.3) is 0 Å². The molecule has 1 aliphatic carbocycles. The predicted octanol–water partition coefficient (Wildman–Crippen LogP) is 1.27. The zero-order chi connectivity index (χ0) is 12.9. The second kappa shape index (κ2) is 4.02. The third-order valence-electron chi connectivity index (χ3n) is 3.65. The van der Waals surface area contributed by atoms with Crippen molar-refractivity contribution in [2.45, 2.75) is 18.4 Å². The molecule has 2 aliphatic rings. The van der Waals surface area contributed by atoms with Gasteiger partial charge in [0.1, 0.15) is 11.6 Å². The Hall–Kier alpha value is -1.49. The minimum absolute atomic E-state index is 0.0249. The maximum Gasteiger partial charge on any atom is 0.226 e. The van der Waals surface area contributed by atoms with Gasteiger partial charge in [-0.1, -0.05) is 6.07 Å². The maximum atomic E-state index is 13.5. The molecule has 1 heterocycles. The van der Waals surface area contributed by atoms with Crippen molar-refractivity contribution in [3.05, 3.63) is 35.4 Å². The molecule has 1 aliphatic heterocycles. The fraction of sp³-hybridized carbons (Fsp3) is 0.462. The van der Waals surface area contributed by atoms with Crippen LogP contribution in [0.25, 0.3) is 0 Å². The number of β-amino-alcohol motifs (C(OH)–C–C–N with tert-alkyl or cyclic N) is 1. The van der Waals surface area contributed by atoms with Crippen molar-refractivity contribution >= 4 is 5.91 Å². The molecular weight excluding hydrogens is 240 g/mol. The van der Waals surface area contributed by atoms with Crippen LogP contribution in [0.15, 0.2) is 18.2 Å². The van der Waals surface area contributed by atoms with E-state index >= 15 is 0 Å². The van der Waals surface area contributed by atoms with E-state index in [4.69, 9.17) is 5.11 Å². The van der Waals surface area contributed by atoms with Crippen LogP contribution in [0, 0.1) is 17.6 Å². The Morgan fingerprint density at radius 1 is 1.28 bits per heavy atom. The lowest BCUT2D eigenvalue weighted by molar-refractivity contribution is -0.142. The highest BCUT2D eigenvalue weighted by molar-refractivity contribution is 5.83. The van der Waals surface area contributed by atoms with Crippen molar-refractivity contribution in [2.24, 2.45) is 5.92 Å². The SMILES string of the molecule is O=C(C1CC1c1c(F)cccc1F)N1CC(O)C1. The van der Waals surface area contributed by atoms with E-state index in [9.17, 15) is 13.6 Å². The van der Waals surface area contributed by atoms with Crippen LogP contribution in [0.4, 0.5) is 8.78 Å². The number of aliphatic hydroxyl groups excluding tert-OH is 1. The zero-order valence-electron chi connectivity index (χ0n) is 9.64. The van der Waals surface area contributed by atoms with Gasteiger partial charge >= 0.3 is 0 Å². The number of aliphatic hydroxyl groups is 1. The van der Waals surface area contributed by atoms with Crippen molar-refractivity contribution in [2.75, 3.05) is 13.1 Å². The highest BCUT2D eigenvalue weighted by Gasteiger charge is 2.49. The first kappa shape index (κ1) is 11.6. The predicted molar refractivity (Wildman–Crippen MR) is 59.8 cm³/mol. The average Bonchev–Trinajstić information content (AvgIpc) is 3.04. The van der Waals surface area contributed by atoms with E-state index in [0.717, 1.165) is 0 Å². The third-order valence-corrected chi connectivity index (χ3v) is 3.65. The highest BCUT2D eigenvalue weighted by atomic mass is 19.1. The van der Waals surface area contributed by atoms with Crippen LogP contribution in [0.2, 0.25) is 0 Å². The lowest BCUT2D eigenvalue weighted by Crippen LogP contribution is -2.54. The van der Waals surface area contributed by atoms with Crippen LogP contribution in [0.3, 0.4) is 0 Å². The molecule has 1 N–H and O–H groups in total. The normalized spacial score (nSPS) is 26.9. The van der Waals surface area contributed by atoms with Gasteiger partial charge in [-0.25, -0.2) is 8.78 Å². The van der Waals surface area contributed by atoms with Crippen molar-refractivity contribution in [1.29, 1.82) is 0 Å². The number of carbonyl (C=O) groups excluding carboxylic acids is 1. The summed E-state index contributed by atoms with van der Waals surface area (Å²) in [4.78, 5) is 13.4. The summed E-state index contributed by atoms with van der Waals surface area (Å²) in [5.74, 6) is -1.95. The van der Waals surface area contributed by atoms with Crippen LogP contribution in [0.5, 0.6) is 0 Å². The number of nitrogens with zero attached hydrogens (tertiary/aromatic N) is 1. The summed E-state index contributed by atoms with van der Waals surface area (Å²) in [6, 6.07) is 3.75. The summed E-state index contributed by atoms with van der Waals surface area (Å²) in [6.45, 7) is 0.670. The van der Waals surface area contributed by atoms with E-state index in [1.807, 2.05) is 0 Å². The summed E-state index contributed by atoms with van der Waals surface area (Å²) in [6.07, 6.45) is 0.0415. The van der Waals surface area contributed by atoms with Crippen molar-refractivity contribution < 1.29 is 18.7 Å². The van der Waals surface area contributed by atoms with Gasteiger partial charge < -0.3 is 10.0 Å². The lowest BCUT2D eigenvalue weighted by Gasteiger charge is -2.36. The Morgan fingerprint density at radius 2 is 1.89 bits per heavy atom. The average molecular weight is 253 g/mol. The topological polar surface area (TPSA) is 40.5 Å². The first-order chi connectivity index (χ1) is 8.58. The molecular formula is C13H13F2NO2. The summed E-state index contributed by atoms with van der Waals surface area (Å²) < 4.78 is 27.1. The molecule has 96 valence electrons. The summed E-state index contributed by atoms with van der Waals surface area (Å²) in [5, 5.41) is 9.13. The molecule has 1 aromatic rings. The lowest BCUT2D eigenvalue weighted by atomic mass is 10.1. The van der Waals surface area contributed by atoms with E-state index in [-0.39, 0.29) is 23.3 Å². The van der Waals surface area contributed by atoms with E-state index < -0.39 is 17.7 Å². The minimum atomic E-state index is -0.584. The molecule has 2 fully saturated rings. The van der Waals surface area contributed by atoms with E-state index in [1.165, 1.54) is 23.1 Å². The van der Waals surface area contributed by atoms with Crippen LogP contribution in [-0.2, 0) is 4.79 Å². The molecule has 1 aromatic carbocycles. The summed E-state index contributed by atoms with van der Waals surface area (Å²) in [5.41, 5.74) is 0.0249. The zero-order valence-corrected chi connectivity index (χ0v) is 9.64. The fourth-order valence-corrected chi connectivity index (χ4v) is 2.52. The van der Waals surface area contributed by atoms with Crippen LogP contribution in [-0.4, -0.2) is 35.1 Å². The van der Waals surface area contributed by atoms with Gasteiger partial charge in [-0.2, -0.15) is 0 Å². The van der Waals surface area contributed by atoms with Gasteiger partial charge in [0.05, 0.1) is 6.10 Å². The first-order valence-corrected chi connectivity index (χ1v) is 5.98. The molecule has 0 bridgehead atoms. The number of amides is 1. The quantitative estimate of drug-likeness (QED) is 0.862. The van der Waals surface area contributed by atoms with Crippen LogP contribution >= 0.6 is 0 Å². The van der Waals surface area contributed by atoms with E-state index in [0.29, 0.717) is 19.5 Å². The van der Waals surface area contributed by atoms with Gasteiger partial charge in [-0.3, -0.25) is 4.79 Å². The smallest absolute Gasteiger partial charge is 0.226 e. The summed E-state index contributed by atoms with van der Waals surface area (Å²) in [7, 11) is 0. The second-order valence-corrected chi connectivity index (χ2v) is 4.98. The number of carbonyl (C=O) groups is 1. The molecule has 3 rings (SSSR count). The van der Waals surface area contributed by atoms with Crippen LogP contribution in [0.1, 0.15) is 17.9 Å². The number of halogens is 2.